The van der Waals surface area contributed by atoms with Gasteiger partial charge in [-0.05, 0) is 12.8 Å². The molecule has 2 rings (SSSR count). The van der Waals surface area contributed by atoms with Gasteiger partial charge in [-0.25, -0.2) is 13.6 Å². The molecule has 1 heterocycles. The van der Waals surface area contributed by atoms with Gasteiger partial charge < -0.3 is 15.2 Å². The summed E-state index contributed by atoms with van der Waals surface area (Å²) in [6.45, 7) is 0.546. The molecule has 1 saturated heterocycles. The number of aliphatic carboxylic acids is 1. The highest BCUT2D eigenvalue weighted by molar-refractivity contribution is 5.88. The summed E-state index contributed by atoms with van der Waals surface area (Å²) in [6, 6.07) is 0. The standard InChI is InChI=1S/C13H19F2NO4/c14-13(15)3-1-9(2-4-13)10(17)16-12(11(18)19)5-7-20-8-6-12/h9H,1-8H2,(H,16,17)(H,18,19). The summed E-state index contributed by atoms with van der Waals surface area (Å²) in [6.07, 6.45) is -0.00743. The number of carboxylic acids is 1. The Morgan fingerprint density at radius 3 is 2.15 bits per heavy atom. The lowest BCUT2D eigenvalue weighted by atomic mass is 9.84. The van der Waals surface area contributed by atoms with Crippen LogP contribution < -0.4 is 5.32 Å². The van der Waals surface area contributed by atoms with Crippen LogP contribution in [0.25, 0.3) is 0 Å². The van der Waals surface area contributed by atoms with Crippen molar-refractivity contribution in [1.29, 1.82) is 0 Å². The first-order valence-electron chi connectivity index (χ1n) is 6.86. The summed E-state index contributed by atoms with van der Waals surface area (Å²) in [5.41, 5.74) is -1.31. The molecule has 0 unspecified atom stereocenters. The van der Waals surface area contributed by atoms with E-state index in [1.807, 2.05) is 0 Å². The zero-order valence-corrected chi connectivity index (χ0v) is 11.2. The normalized spacial score (nSPS) is 25.9. The number of carbonyl (C=O) groups is 2. The summed E-state index contributed by atoms with van der Waals surface area (Å²) >= 11 is 0. The van der Waals surface area contributed by atoms with E-state index in [0.717, 1.165) is 0 Å². The van der Waals surface area contributed by atoms with E-state index in [-0.39, 0.29) is 51.7 Å². The predicted molar refractivity (Wildman–Crippen MR) is 65.5 cm³/mol. The minimum Gasteiger partial charge on any atom is -0.480 e. The number of amides is 1. The van der Waals surface area contributed by atoms with Crippen LogP contribution in [0.5, 0.6) is 0 Å². The zero-order chi connectivity index (χ0) is 14.8. The van der Waals surface area contributed by atoms with Gasteiger partial charge in [0.15, 0.2) is 0 Å². The average molecular weight is 291 g/mol. The van der Waals surface area contributed by atoms with Crippen LogP contribution in [0.4, 0.5) is 8.78 Å². The quantitative estimate of drug-likeness (QED) is 0.827. The van der Waals surface area contributed by atoms with Crippen LogP contribution in [-0.4, -0.2) is 41.7 Å². The van der Waals surface area contributed by atoms with Gasteiger partial charge in [0, 0.05) is 44.8 Å². The summed E-state index contributed by atoms with van der Waals surface area (Å²) in [5.74, 6) is -4.73. The maximum absolute atomic E-state index is 13.1. The molecule has 1 aliphatic heterocycles. The molecule has 2 N–H and O–H groups in total. The molecule has 0 aromatic heterocycles. The van der Waals surface area contributed by atoms with E-state index in [9.17, 15) is 23.5 Å². The molecule has 1 aliphatic carbocycles. The molecule has 2 aliphatic rings. The summed E-state index contributed by atoms with van der Waals surface area (Å²) in [7, 11) is 0. The second kappa shape index (κ2) is 5.63. The number of nitrogens with one attached hydrogen (secondary N) is 1. The fourth-order valence-corrected chi connectivity index (χ4v) is 2.75. The lowest BCUT2D eigenvalue weighted by Crippen LogP contribution is -2.59. The van der Waals surface area contributed by atoms with Crippen molar-refractivity contribution < 1.29 is 28.2 Å². The van der Waals surface area contributed by atoms with Crippen LogP contribution in [0.1, 0.15) is 38.5 Å². The van der Waals surface area contributed by atoms with Crippen molar-refractivity contribution >= 4 is 11.9 Å². The van der Waals surface area contributed by atoms with E-state index in [1.165, 1.54) is 0 Å². The smallest absolute Gasteiger partial charge is 0.329 e. The van der Waals surface area contributed by atoms with E-state index in [1.54, 1.807) is 0 Å². The number of halogens is 2. The second-order valence-corrected chi connectivity index (χ2v) is 5.62. The Kier molecular flexibility index (Phi) is 4.27. The van der Waals surface area contributed by atoms with Gasteiger partial charge in [-0.3, -0.25) is 4.79 Å². The van der Waals surface area contributed by atoms with Crippen molar-refractivity contribution in [2.24, 2.45) is 5.92 Å². The van der Waals surface area contributed by atoms with Crippen molar-refractivity contribution in [1.82, 2.24) is 5.32 Å². The first kappa shape index (κ1) is 15.2. The third-order valence-corrected chi connectivity index (χ3v) is 4.21. The molecule has 7 heteroatoms. The SMILES string of the molecule is O=C(NC1(C(=O)O)CCOCC1)C1CCC(F)(F)CC1. The van der Waals surface area contributed by atoms with Crippen LogP contribution in [0.15, 0.2) is 0 Å². The van der Waals surface area contributed by atoms with Crippen molar-refractivity contribution in [2.75, 3.05) is 13.2 Å². The van der Waals surface area contributed by atoms with Crippen LogP contribution in [-0.2, 0) is 14.3 Å². The Bertz CT molecular complexity index is 384. The molecule has 5 nitrogen and oxygen atoms in total. The number of alkyl halides is 2. The molecule has 2 fully saturated rings. The predicted octanol–water partition coefficient (Wildman–Crippen LogP) is 1.56. The largest absolute Gasteiger partial charge is 0.480 e. The van der Waals surface area contributed by atoms with E-state index < -0.39 is 29.3 Å². The van der Waals surface area contributed by atoms with Gasteiger partial charge in [0.25, 0.3) is 0 Å². The molecule has 0 radical (unpaired) electrons. The summed E-state index contributed by atoms with van der Waals surface area (Å²) in [4.78, 5) is 23.5. The topological polar surface area (TPSA) is 75.6 Å². The molecule has 1 amide bonds. The van der Waals surface area contributed by atoms with Gasteiger partial charge in [0.1, 0.15) is 5.54 Å². The van der Waals surface area contributed by atoms with Crippen molar-refractivity contribution in [2.45, 2.75) is 50.0 Å². The molecule has 0 atom stereocenters. The second-order valence-electron chi connectivity index (χ2n) is 5.62. The number of hydrogen-bond donors (Lipinski definition) is 2. The maximum atomic E-state index is 13.1. The Morgan fingerprint density at radius 1 is 1.10 bits per heavy atom. The van der Waals surface area contributed by atoms with E-state index in [4.69, 9.17) is 4.74 Å². The van der Waals surface area contributed by atoms with Gasteiger partial charge in [-0.15, -0.1) is 0 Å². The molecule has 1 saturated carbocycles. The fraction of sp³-hybridized carbons (Fsp3) is 0.846. The Morgan fingerprint density at radius 2 is 1.65 bits per heavy atom. The number of rotatable bonds is 3. The molecular formula is C13H19F2NO4. The Labute approximate surface area is 115 Å². The fourth-order valence-electron chi connectivity index (χ4n) is 2.75. The lowest BCUT2D eigenvalue weighted by molar-refractivity contribution is -0.153. The number of carbonyl (C=O) groups excluding carboxylic acids is 1. The lowest BCUT2D eigenvalue weighted by Gasteiger charge is -2.36. The maximum Gasteiger partial charge on any atom is 0.329 e. The molecule has 0 bridgehead atoms. The van der Waals surface area contributed by atoms with Crippen molar-refractivity contribution in [3.63, 3.8) is 0 Å². The van der Waals surface area contributed by atoms with Crippen LogP contribution in [0.2, 0.25) is 0 Å². The Balaban J connectivity index is 1.97. The zero-order valence-electron chi connectivity index (χ0n) is 11.2. The van der Waals surface area contributed by atoms with Crippen molar-refractivity contribution in [3.05, 3.63) is 0 Å². The minimum atomic E-state index is -2.69. The minimum absolute atomic E-state index is 0.102. The van der Waals surface area contributed by atoms with Gasteiger partial charge in [0.2, 0.25) is 11.8 Å². The highest BCUT2D eigenvalue weighted by Crippen LogP contribution is 2.36. The number of ether oxygens (including phenoxy) is 1. The Hall–Kier alpha value is -1.24. The van der Waals surface area contributed by atoms with Crippen LogP contribution in [0.3, 0.4) is 0 Å². The monoisotopic (exact) mass is 291 g/mol. The van der Waals surface area contributed by atoms with Gasteiger partial charge in [-0.2, -0.15) is 0 Å². The molecule has 114 valence electrons. The molecule has 0 aromatic carbocycles. The number of hydrogen-bond acceptors (Lipinski definition) is 3. The van der Waals surface area contributed by atoms with Crippen LogP contribution in [0, 0.1) is 5.92 Å². The molecule has 0 aromatic rings. The highest BCUT2D eigenvalue weighted by atomic mass is 19.3. The van der Waals surface area contributed by atoms with E-state index in [0.29, 0.717) is 0 Å². The van der Waals surface area contributed by atoms with E-state index >= 15 is 0 Å². The number of carboxylic acid groups (broad SMARTS) is 1. The van der Waals surface area contributed by atoms with Crippen LogP contribution >= 0.6 is 0 Å². The summed E-state index contributed by atoms with van der Waals surface area (Å²) in [5, 5.41) is 11.9. The first-order chi connectivity index (χ1) is 9.35. The van der Waals surface area contributed by atoms with Gasteiger partial charge in [0.05, 0.1) is 0 Å². The van der Waals surface area contributed by atoms with Gasteiger partial charge in [-0.1, -0.05) is 0 Å². The molecular weight excluding hydrogens is 272 g/mol. The summed E-state index contributed by atoms with van der Waals surface area (Å²) < 4.78 is 31.2. The first-order valence-corrected chi connectivity index (χ1v) is 6.86. The van der Waals surface area contributed by atoms with Crippen molar-refractivity contribution in [3.8, 4) is 0 Å². The average Bonchev–Trinajstić information content (AvgIpc) is 2.39. The molecule has 0 spiro atoms. The highest BCUT2D eigenvalue weighted by Gasteiger charge is 2.44. The van der Waals surface area contributed by atoms with E-state index in [2.05, 4.69) is 5.32 Å². The third kappa shape index (κ3) is 3.26. The van der Waals surface area contributed by atoms with Gasteiger partial charge >= 0.3 is 5.97 Å². The molecule has 20 heavy (non-hydrogen) atoms. The third-order valence-electron chi connectivity index (χ3n) is 4.21.